The molecule has 2 heterocycles. The van der Waals surface area contributed by atoms with Gasteiger partial charge in [-0.25, -0.2) is 9.18 Å². The summed E-state index contributed by atoms with van der Waals surface area (Å²) in [5.41, 5.74) is 2.35. The SMILES string of the molecule is COc1ccc(-c2nnc(N3CCN(C(=O)Nc4ccc(F)cc4)[C@@H](C)C3)c3ccccc23)cc1. The molecule has 0 unspecified atom stereocenters. The van der Waals surface area contributed by atoms with Gasteiger partial charge in [-0.3, -0.25) is 0 Å². The molecular weight excluding hydrogens is 445 g/mol. The highest BCUT2D eigenvalue weighted by atomic mass is 19.1. The highest BCUT2D eigenvalue weighted by Gasteiger charge is 2.29. The highest BCUT2D eigenvalue weighted by molar-refractivity contribution is 6.00. The molecule has 0 spiro atoms. The number of hydrogen-bond donors (Lipinski definition) is 1. The van der Waals surface area contributed by atoms with E-state index in [0.717, 1.165) is 33.6 Å². The maximum Gasteiger partial charge on any atom is 0.322 e. The van der Waals surface area contributed by atoms with E-state index in [0.29, 0.717) is 25.3 Å². The topological polar surface area (TPSA) is 70.6 Å². The van der Waals surface area contributed by atoms with Crippen LogP contribution in [-0.4, -0.2) is 53.9 Å². The molecule has 7 nitrogen and oxygen atoms in total. The lowest BCUT2D eigenvalue weighted by atomic mass is 10.0. The lowest BCUT2D eigenvalue weighted by Crippen LogP contribution is -2.55. The van der Waals surface area contributed by atoms with E-state index in [1.807, 2.05) is 43.3 Å². The first-order valence-corrected chi connectivity index (χ1v) is 11.5. The van der Waals surface area contributed by atoms with Crippen LogP contribution in [0.15, 0.2) is 72.8 Å². The summed E-state index contributed by atoms with van der Waals surface area (Å²) in [5, 5.41) is 14.1. The molecule has 3 aromatic carbocycles. The van der Waals surface area contributed by atoms with Crippen molar-refractivity contribution in [3.8, 4) is 17.0 Å². The van der Waals surface area contributed by atoms with Crippen molar-refractivity contribution in [2.75, 3.05) is 37.0 Å². The smallest absolute Gasteiger partial charge is 0.322 e. The number of nitrogens with one attached hydrogen (secondary N) is 1. The van der Waals surface area contributed by atoms with Crippen molar-refractivity contribution >= 4 is 28.3 Å². The fourth-order valence-electron chi connectivity index (χ4n) is 4.47. The van der Waals surface area contributed by atoms with Crippen molar-refractivity contribution < 1.29 is 13.9 Å². The fourth-order valence-corrected chi connectivity index (χ4v) is 4.47. The molecule has 178 valence electrons. The van der Waals surface area contributed by atoms with Gasteiger partial charge >= 0.3 is 6.03 Å². The van der Waals surface area contributed by atoms with E-state index in [9.17, 15) is 9.18 Å². The summed E-state index contributed by atoms with van der Waals surface area (Å²) >= 11 is 0. The third-order valence-corrected chi connectivity index (χ3v) is 6.31. The van der Waals surface area contributed by atoms with Crippen LogP contribution in [0.5, 0.6) is 5.75 Å². The molecule has 0 aliphatic carbocycles. The van der Waals surface area contributed by atoms with Crippen LogP contribution in [-0.2, 0) is 0 Å². The van der Waals surface area contributed by atoms with E-state index in [-0.39, 0.29) is 17.9 Å². The van der Waals surface area contributed by atoms with Crippen molar-refractivity contribution in [3.05, 3.63) is 78.6 Å². The number of halogens is 1. The minimum absolute atomic E-state index is 0.0500. The van der Waals surface area contributed by atoms with Crippen LogP contribution in [0.3, 0.4) is 0 Å². The number of hydrogen-bond acceptors (Lipinski definition) is 5. The minimum atomic E-state index is -0.337. The Morgan fingerprint density at radius 1 is 0.971 bits per heavy atom. The van der Waals surface area contributed by atoms with Gasteiger partial charge in [0.1, 0.15) is 17.3 Å². The van der Waals surface area contributed by atoms with E-state index >= 15 is 0 Å². The number of benzene rings is 3. The van der Waals surface area contributed by atoms with E-state index in [1.165, 1.54) is 12.1 Å². The number of piperazine rings is 1. The zero-order valence-electron chi connectivity index (χ0n) is 19.6. The van der Waals surface area contributed by atoms with Crippen molar-refractivity contribution in [2.45, 2.75) is 13.0 Å². The Morgan fingerprint density at radius 2 is 1.69 bits per heavy atom. The monoisotopic (exact) mass is 471 g/mol. The largest absolute Gasteiger partial charge is 0.497 e. The average molecular weight is 472 g/mol. The number of urea groups is 1. The van der Waals surface area contributed by atoms with Gasteiger partial charge < -0.3 is 19.9 Å². The lowest BCUT2D eigenvalue weighted by Gasteiger charge is -2.40. The van der Waals surface area contributed by atoms with Gasteiger partial charge in [-0.05, 0) is 55.5 Å². The number of fused-ring (bicyclic) bond motifs is 1. The summed E-state index contributed by atoms with van der Waals surface area (Å²) in [7, 11) is 1.65. The maximum absolute atomic E-state index is 13.2. The zero-order valence-corrected chi connectivity index (χ0v) is 19.6. The van der Waals surface area contributed by atoms with Crippen LogP contribution in [0.4, 0.5) is 20.7 Å². The summed E-state index contributed by atoms with van der Waals surface area (Å²) in [6.07, 6.45) is 0. The van der Waals surface area contributed by atoms with Gasteiger partial charge in [0.05, 0.1) is 7.11 Å². The van der Waals surface area contributed by atoms with Crippen LogP contribution < -0.4 is 15.0 Å². The third-order valence-electron chi connectivity index (χ3n) is 6.31. The molecule has 35 heavy (non-hydrogen) atoms. The molecule has 5 rings (SSSR count). The molecule has 0 saturated carbocycles. The van der Waals surface area contributed by atoms with Crippen LogP contribution in [0, 0.1) is 5.82 Å². The highest BCUT2D eigenvalue weighted by Crippen LogP contribution is 2.33. The van der Waals surface area contributed by atoms with Crippen LogP contribution >= 0.6 is 0 Å². The van der Waals surface area contributed by atoms with E-state index in [1.54, 1.807) is 24.1 Å². The van der Waals surface area contributed by atoms with E-state index < -0.39 is 0 Å². The van der Waals surface area contributed by atoms with Gasteiger partial charge in [0.25, 0.3) is 0 Å². The summed E-state index contributed by atoms with van der Waals surface area (Å²) in [6, 6.07) is 21.4. The predicted octanol–water partition coefficient (Wildman–Crippen LogP) is 5.19. The van der Waals surface area contributed by atoms with Gasteiger partial charge in [0.2, 0.25) is 0 Å². The quantitative estimate of drug-likeness (QED) is 0.444. The number of anilines is 2. The normalized spacial score (nSPS) is 15.8. The lowest BCUT2D eigenvalue weighted by molar-refractivity contribution is 0.184. The Bertz CT molecular complexity index is 1340. The fraction of sp³-hybridized carbons (Fsp3) is 0.222. The summed E-state index contributed by atoms with van der Waals surface area (Å²) < 4.78 is 18.4. The molecule has 1 fully saturated rings. The molecular formula is C27H26FN5O2. The molecule has 1 atom stereocenters. The Hall–Kier alpha value is -4.20. The number of amides is 2. The van der Waals surface area contributed by atoms with E-state index in [2.05, 4.69) is 32.5 Å². The van der Waals surface area contributed by atoms with Gasteiger partial charge in [-0.15, -0.1) is 10.2 Å². The second-order valence-corrected chi connectivity index (χ2v) is 8.57. The second kappa shape index (κ2) is 9.58. The summed E-state index contributed by atoms with van der Waals surface area (Å²) in [5.74, 6) is 1.26. The first-order chi connectivity index (χ1) is 17.0. The Morgan fingerprint density at radius 3 is 2.37 bits per heavy atom. The van der Waals surface area contributed by atoms with Crippen molar-refractivity contribution in [2.24, 2.45) is 0 Å². The van der Waals surface area contributed by atoms with Crippen LogP contribution in [0.1, 0.15) is 6.92 Å². The van der Waals surface area contributed by atoms with Crippen LogP contribution in [0.2, 0.25) is 0 Å². The average Bonchev–Trinajstić information content (AvgIpc) is 2.89. The molecule has 2 amide bonds. The van der Waals surface area contributed by atoms with Crippen molar-refractivity contribution in [3.63, 3.8) is 0 Å². The number of carbonyl (C=O) groups is 1. The predicted molar refractivity (Wildman–Crippen MR) is 135 cm³/mol. The number of rotatable bonds is 4. The molecule has 1 aliphatic rings. The minimum Gasteiger partial charge on any atom is -0.497 e. The molecule has 0 radical (unpaired) electrons. The number of nitrogens with zero attached hydrogens (tertiary/aromatic N) is 4. The van der Waals surface area contributed by atoms with Crippen LogP contribution in [0.25, 0.3) is 22.0 Å². The molecule has 4 aromatic rings. The Labute approximate surface area is 203 Å². The molecule has 1 saturated heterocycles. The molecule has 1 N–H and O–H groups in total. The number of carbonyl (C=O) groups excluding carboxylic acids is 1. The zero-order chi connectivity index (χ0) is 24.4. The van der Waals surface area contributed by atoms with Crippen molar-refractivity contribution in [1.29, 1.82) is 0 Å². The molecule has 1 aliphatic heterocycles. The summed E-state index contributed by atoms with van der Waals surface area (Å²) in [4.78, 5) is 16.8. The standard InChI is InChI=1S/C27H26FN5O2/c1-18-17-32(15-16-33(18)27(34)29-21-11-9-20(28)10-12-21)26-24-6-4-3-5-23(24)25(30-31-26)19-7-13-22(35-2)14-8-19/h3-14,18H,15-17H2,1-2H3,(H,29,34)/t18-/m0/s1. The number of ether oxygens (including phenoxy) is 1. The van der Waals surface area contributed by atoms with E-state index in [4.69, 9.17) is 4.74 Å². The first-order valence-electron chi connectivity index (χ1n) is 11.5. The Balaban J connectivity index is 1.36. The Kier molecular flexibility index (Phi) is 6.18. The second-order valence-electron chi connectivity index (χ2n) is 8.57. The molecule has 1 aromatic heterocycles. The first kappa shape index (κ1) is 22.6. The molecule has 0 bridgehead atoms. The number of methoxy groups -OCH3 is 1. The van der Waals surface area contributed by atoms with Gasteiger partial charge in [0, 0.05) is 47.7 Å². The molecule has 8 heteroatoms. The maximum atomic E-state index is 13.2. The van der Waals surface area contributed by atoms with Gasteiger partial charge in [-0.1, -0.05) is 24.3 Å². The summed E-state index contributed by atoms with van der Waals surface area (Å²) in [6.45, 7) is 3.79. The van der Waals surface area contributed by atoms with Gasteiger partial charge in [0.15, 0.2) is 5.82 Å². The third kappa shape index (κ3) is 4.59. The van der Waals surface area contributed by atoms with Crippen molar-refractivity contribution in [1.82, 2.24) is 15.1 Å². The van der Waals surface area contributed by atoms with Gasteiger partial charge in [-0.2, -0.15) is 0 Å². The number of aromatic nitrogens is 2.